The molecule has 25 heavy (non-hydrogen) atoms. The predicted molar refractivity (Wildman–Crippen MR) is 83.3 cm³/mol. The molecule has 3 rings (SSSR count). The Morgan fingerprint density at radius 3 is 2.52 bits per heavy atom. The van der Waals surface area contributed by atoms with Crippen molar-refractivity contribution in [1.82, 2.24) is 0 Å². The summed E-state index contributed by atoms with van der Waals surface area (Å²) in [5.74, 6) is -0.466. The lowest BCUT2D eigenvalue weighted by molar-refractivity contribution is -0.277. The molecule has 1 aliphatic heterocycles. The normalized spacial score (nSPS) is 29.7. The zero-order valence-electron chi connectivity index (χ0n) is 13.2. The number of hydrogen-bond donors (Lipinski definition) is 5. The SMILES string of the molecule is Cc1cc(=O)oc2cc(O)c(O[C@H]3O[C@H](CO)[C@@H](O)[C@H](O)[C@H]3O)cc12. The predicted octanol–water partition coefficient (Wildman–Crippen LogP) is -1.01. The van der Waals surface area contributed by atoms with E-state index in [4.69, 9.17) is 13.9 Å². The number of phenols is 1. The molecule has 1 aliphatic rings. The van der Waals surface area contributed by atoms with Gasteiger partial charge in [0, 0.05) is 17.5 Å². The molecule has 9 heteroatoms. The molecule has 2 aromatic rings. The van der Waals surface area contributed by atoms with Crippen LogP contribution in [-0.4, -0.2) is 62.8 Å². The molecule has 0 bridgehead atoms. The van der Waals surface area contributed by atoms with Crippen LogP contribution in [0.2, 0.25) is 0 Å². The first-order valence-corrected chi connectivity index (χ1v) is 7.56. The van der Waals surface area contributed by atoms with Gasteiger partial charge in [0.15, 0.2) is 11.5 Å². The highest BCUT2D eigenvalue weighted by Gasteiger charge is 2.44. The number of aromatic hydroxyl groups is 1. The molecule has 1 aromatic carbocycles. The summed E-state index contributed by atoms with van der Waals surface area (Å²) in [5.41, 5.74) is 0.181. The molecule has 2 heterocycles. The number of aliphatic hydroxyl groups is 4. The van der Waals surface area contributed by atoms with Crippen molar-refractivity contribution in [2.45, 2.75) is 37.6 Å². The first-order chi connectivity index (χ1) is 11.8. The maximum Gasteiger partial charge on any atom is 0.336 e. The second-order valence-electron chi connectivity index (χ2n) is 5.88. The molecule has 9 nitrogen and oxygen atoms in total. The fourth-order valence-corrected chi connectivity index (χ4v) is 2.72. The number of benzene rings is 1. The monoisotopic (exact) mass is 354 g/mol. The third-order valence-corrected chi connectivity index (χ3v) is 4.12. The number of aryl methyl sites for hydroxylation is 1. The second kappa shape index (κ2) is 6.62. The number of ether oxygens (including phenoxy) is 2. The van der Waals surface area contributed by atoms with Gasteiger partial charge in [-0.2, -0.15) is 0 Å². The maximum absolute atomic E-state index is 11.4. The molecule has 0 amide bonds. The molecule has 1 saturated heterocycles. The van der Waals surface area contributed by atoms with Crippen LogP contribution in [0.15, 0.2) is 27.4 Å². The molecule has 5 N–H and O–H groups in total. The van der Waals surface area contributed by atoms with E-state index in [2.05, 4.69) is 0 Å². The standard InChI is InChI=1S/C16H18O9/c1-6-2-12(19)23-9-4-8(18)10(3-7(6)9)24-16-15(22)14(21)13(20)11(5-17)25-16/h2-4,11,13-18,20-22H,5H2,1H3/t11-,13-,14+,15-,16+/m1/s1. The van der Waals surface area contributed by atoms with Gasteiger partial charge in [0.2, 0.25) is 6.29 Å². The number of phenolic OH excluding ortho intramolecular Hbond substituents is 1. The van der Waals surface area contributed by atoms with E-state index in [1.54, 1.807) is 6.92 Å². The minimum absolute atomic E-state index is 0.0891. The summed E-state index contributed by atoms with van der Waals surface area (Å²) in [4.78, 5) is 11.4. The summed E-state index contributed by atoms with van der Waals surface area (Å²) in [6.07, 6.45) is -7.29. The largest absolute Gasteiger partial charge is 0.504 e. The number of aliphatic hydroxyl groups excluding tert-OH is 4. The quantitative estimate of drug-likeness (QED) is 0.437. The Hall–Kier alpha value is -2.17. The molecule has 5 atom stereocenters. The van der Waals surface area contributed by atoms with E-state index >= 15 is 0 Å². The molecule has 0 saturated carbocycles. The Kier molecular flexibility index (Phi) is 4.67. The highest BCUT2D eigenvalue weighted by atomic mass is 16.7. The van der Waals surface area contributed by atoms with Crippen LogP contribution in [0.25, 0.3) is 11.0 Å². The minimum Gasteiger partial charge on any atom is -0.504 e. The summed E-state index contributed by atoms with van der Waals surface area (Å²) in [5, 5.41) is 49.3. The third kappa shape index (κ3) is 3.20. The van der Waals surface area contributed by atoms with Crippen molar-refractivity contribution in [1.29, 1.82) is 0 Å². The van der Waals surface area contributed by atoms with Crippen molar-refractivity contribution < 1.29 is 39.4 Å². The lowest BCUT2D eigenvalue weighted by Gasteiger charge is -2.39. The lowest BCUT2D eigenvalue weighted by Crippen LogP contribution is -2.60. The summed E-state index contributed by atoms with van der Waals surface area (Å²) in [6.45, 7) is 1.08. The fraction of sp³-hybridized carbons (Fsp3) is 0.438. The Labute approximate surface area is 141 Å². The Morgan fingerprint density at radius 1 is 1.12 bits per heavy atom. The van der Waals surface area contributed by atoms with Gasteiger partial charge in [-0.25, -0.2) is 4.79 Å². The van der Waals surface area contributed by atoms with Crippen LogP contribution in [0.4, 0.5) is 0 Å². The van der Waals surface area contributed by atoms with Crippen LogP contribution >= 0.6 is 0 Å². The maximum atomic E-state index is 11.4. The van der Waals surface area contributed by atoms with Crippen molar-refractivity contribution in [2.75, 3.05) is 6.61 Å². The highest BCUT2D eigenvalue weighted by molar-refractivity contribution is 5.83. The number of rotatable bonds is 3. The van der Waals surface area contributed by atoms with Gasteiger partial charge in [-0.3, -0.25) is 0 Å². The highest BCUT2D eigenvalue weighted by Crippen LogP contribution is 2.34. The van der Waals surface area contributed by atoms with E-state index in [0.717, 1.165) is 0 Å². The van der Waals surface area contributed by atoms with Crippen molar-refractivity contribution in [3.63, 3.8) is 0 Å². The molecule has 136 valence electrons. The van der Waals surface area contributed by atoms with Gasteiger partial charge >= 0.3 is 5.63 Å². The molecular formula is C16H18O9. The van der Waals surface area contributed by atoms with Gasteiger partial charge in [0.25, 0.3) is 0 Å². The zero-order chi connectivity index (χ0) is 18.3. The van der Waals surface area contributed by atoms with Gasteiger partial charge in [0.1, 0.15) is 30.0 Å². The van der Waals surface area contributed by atoms with Gasteiger partial charge in [-0.1, -0.05) is 0 Å². The van der Waals surface area contributed by atoms with E-state index in [-0.39, 0.29) is 17.1 Å². The van der Waals surface area contributed by atoms with Crippen molar-refractivity contribution in [3.8, 4) is 11.5 Å². The van der Waals surface area contributed by atoms with Gasteiger partial charge in [-0.15, -0.1) is 0 Å². The summed E-state index contributed by atoms with van der Waals surface area (Å²) in [6, 6.07) is 3.85. The van der Waals surface area contributed by atoms with Crippen LogP contribution < -0.4 is 10.4 Å². The zero-order valence-corrected chi connectivity index (χ0v) is 13.2. The Bertz CT molecular complexity index is 828. The van der Waals surface area contributed by atoms with Crippen LogP contribution in [0.3, 0.4) is 0 Å². The van der Waals surface area contributed by atoms with E-state index in [1.807, 2.05) is 0 Å². The fourth-order valence-electron chi connectivity index (χ4n) is 2.72. The lowest BCUT2D eigenvalue weighted by atomic mass is 9.99. The van der Waals surface area contributed by atoms with Crippen molar-refractivity contribution >= 4 is 11.0 Å². The molecule has 0 radical (unpaired) electrons. The average molecular weight is 354 g/mol. The van der Waals surface area contributed by atoms with E-state index in [1.165, 1.54) is 18.2 Å². The Balaban J connectivity index is 1.94. The number of hydrogen-bond acceptors (Lipinski definition) is 9. The van der Waals surface area contributed by atoms with Crippen LogP contribution in [0.5, 0.6) is 11.5 Å². The Morgan fingerprint density at radius 2 is 1.84 bits per heavy atom. The summed E-state index contributed by atoms with van der Waals surface area (Å²) >= 11 is 0. The summed E-state index contributed by atoms with van der Waals surface area (Å²) in [7, 11) is 0. The molecule has 0 aliphatic carbocycles. The first-order valence-electron chi connectivity index (χ1n) is 7.56. The van der Waals surface area contributed by atoms with Gasteiger partial charge < -0.3 is 39.4 Å². The minimum atomic E-state index is -1.61. The van der Waals surface area contributed by atoms with Gasteiger partial charge in [0.05, 0.1) is 6.61 Å². The topological polar surface area (TPSA) is 150 Å². The molecule has 0 unspecified atom stereocenters. The van der Waals surface area contributed by atoms with E-state index in [9.17, 15) is 30.3 Å². The van der Waals surface area contributed by atoms with E-state index in [0.29, 0.717) is 10.9 Å². The van der Waals surface area contributed by atoms with E-state index < -0.39 is 42.9 Å². The first kappa shape index (κ1) is 17.6. The second-order valence-corrected chi connectivity index (χ2v) is 5.88. The van der Waals surface area contributed by atoms with Crippen molar-refractivity contribution in [2.24, 2.45) is 0 Å². The summed E-state index contributed by atoms with van der Waals surface area (Å²) < 4.78 is 15.6. The van der Waals surface area contributed by atoms with Crippen LogP contribution in [-0.2, 0) is 4.74 Å². The van der Waals surface area contributed by atoms with Crippen LogP contribution in [0, 0.1) is 6.92 Å². The molecule has 0 spiro atoms. The molecule has 1 aromatic heterocycles. The van der Waals surface area contributed by atoms with Gasteiger partial charge in [-0.05, 0) is 18.6 Å². The third-order valence-electron chi connectivity index (χ3n) is 4.12. The molecular weight excluding hydrogens is 336 g/mol. The average Bonchev–Trinajstić information content (AvgIpc) is 2.56. The van der Waals surface area contributed by atoms with Crippen LogP contribution in [0.1, 0.15) is 5.56 Å². The number of fused-ring (bicyclic) bond motifs is 1. The van der Waals surface area contributed by atoms with Crippen molar-refractivity contribution in [3.05, 3.63) is 34.2 Å². The smallest absolute Gasteiger partial charge is 0.336 e. The molecule has 1 fully saturated rings.